The number of ether oxygens (including phenoxy) is 1. The summed E-state index contributed by atoms with van der Waals surface area (Å²) < 4.78 is 21.1. The van der Waals surface area contributed by atoms with Crippen LogP contribution in [-0.4, -0.2) is 45.5 Å². The highest BCUT2D eigenvalue weighted by Crippen LogP contribution is 2.27. The first-order valence-electron chi connectivity index (χ1n) is 10.8. The Morgan fingerprint density at radius 1 is 1.15 bits per heavy atom. The number of rotatable bonds is 8. The van der Waals surface area contributed by atoms with Crippen LogP contribution in [-0.2, 0) is 7.05 Å². The molecule has 0 spiro atoms. The Balaban J connectivity index is 1.65. The van der Waals surface area contributed by atoms with E-state index in [1.807, 2.05) is 19.1 Å². The highest BCUT2D eigenvalue weighted by atomic mass is 19.1. The van der Waals surface area contributed by atoms with Crippen LogP contribution < -0.4 is 15.4 Å². The number of carbonyl (C=O) groups is 1. The van der Waals surface area contributed by atoms with E-state index in [-0.39, 0.29) is 24.3 Å². The van der Waals surface area contributed by atoms with Crippen molar-refractivity contribution in [1.82, 2.24) is 20.1 Å². The van der Waals surface area contributed by atoms with Gasteiger partial charge in [-0.05, 0) is 48.2 Å². The van der Waals surface area contributed by atoms with Gasteiger partial charge in [-0.2, -0.15) is 5.10 Å². The summed E-state index contributed by atoms with van der Waals surface area (Å²) in [6.45, 7) is 1.82. The Labute approximate surface area is 196 Å². The number of aromatic nitrogens is 3. The van der Waals surface area contributed by atoms with E-state index in [9.17, 15) is 14.3 Å². The third-order valence-corrected chi connectivity index (χ3v) is 5.49. The number of aryl methyl sites for hydroxylation is 1. The number of nitrogens with zero attached hydrogens (tertiary/aromatic N) is 3. The fraction of sp³-hybridized carbons (Fsp3) is 0.240. The summed E-state index contributed by atoms with van der Waals surface area (Å²) in [5.74, 6) is -0.0999. The normalized spacial score (nSPS) is 12.9. The molecule has 8 nitrogen and oxygen atoms in total. The molecule has 0 saturated heterocycles. The molecule has 0 radical (unpaired) electrons. The average Bonchev–Trinajstić information content (AvgIpc) is 3.27. The second-order valence-electron chi connectivity index (χ2n) is 8.11. The number of pyridine rings is 1. The molecular formula is C25H26FN5O3. The lowest BCUT2D eigenvalue weighted by Crippen LogP contribution is -2.29. The minimum atomic E-state index is -0.614. The third-order valence-electron chi connectivity index (χ3n) is 5.49. The maximum Gasteiger partial charge on any atom is 0.252 e. The Kier molecular flexibility index (Phi) is 6.74. The van der Waals surface area contributed by atoms with Crippen LogP contribution in [0.3, 0.4) is 0 Å². The van der Waals surface area contributed by atoms with Gasteiger partial charge in [-0.25, -0.2) is 9.37 Å². The summed E-state index contributed by atoms with van der Waals surface area (Å²) in [7, 11) is 3.18. The van der Waals surface area contributed by atoms with E-state index in [1.54, 1.807) is 48.5 Å². The topological polar surface area (TPSA) is 101 Å². The predicted octanol–water partition coefficient (Wildman–Crippen LogP) is 3.43. The summed E-state index contributed by atoms with van der Waals surface area (Å²) in [6.07, 6.45) is 5.13. The summed E-state index contributed by atoms with van der Waals surface area (Å²) >= 11 is 0. The number of benzene rings is 2. The maximum absolute atomic E-state index is 14.4. The molecule has 0 fully saturated rings. The van der Waals surface area contributed by atoms with Crippen molar-refractivity contribution < 1.29 is 19.0 Å². The van der Waals surface area contributed by atoms with Crippen LogP contribution in [0.15, 0.2) is 61.1 Å². The van der Waals surface area contributed by atoms with Crippen LogP contribution >= 0.6 is 0 Å². The van der Waals surface area contributed by atoms with Crippen molar-refractivity contribution in [3.8, 4) is 5.75 Å². The Bertz CT molecular complexity index is 1320. The second-order valence-corrected chi connectivity index (χ2v) is 8.11. The summed E-state index contributed by atoms with van der Waals surface area (Å²) in [5.41, 5.74) is 1.73. The minimum Gasteiger partial charge on any atom is -0.494 e. The van der Waals surface area contributed by atoms with Crippen molar-refractivity contribution in [2.45, 2.75) is 19.0 Å². The number of amides is 1. The van der Waals surface area contributed by atoms with Gasteiger partial charge in [-0.1, -0.05) is 12.1 Å². The lowest BCUT2D eigenvalue weighted by Gasteiger charge is -2.19. The molecule has 4 rings (SSSR count). The lowest BCUT2D eigenvalue weighted by atomic mass is 10.00. The first-order valence-corrected chi connectivity index (χ1v) is 10.8. The van der Waals surface area contributed by atoms with Crippen molar-refractivity contribution in [2.24, 2.45) is 7.05 Å². The number of hydrogen-bond acceptors (Lipinski definition) is 6. The summed E-state index contributed by atoms with van der Waals surface area (Å²) in [5, 5.41) is 21.3. The number of aliphatic hydroxyl groups excluding tert-OH is 1. The van der Waals surface area contributed by atoms with Crippen molar-refractivity contribution in [3.05, 3.63) is 83.6 Å². The first-order chi connectivity index (χ1) is 16.4. The Morgan fingerprint density at radius 2 is 1.97 bits per heavy atom. The number of aliphatic hydroxyl groups is 1. The molecule has 9 heteroatoms. The van der Waals surface area contributed by atoms with Crippen molar-refractivity contribution >= 4 is 22.5 Å². The fourth-order valence-corrected chi connectivity index (χ4v) is 3.68. The first kappa shape index (κ1) is 23.2. The van der Waals surface area contributed by atoms with Gasteiger partial charge < -0.3 is 20.5 Å². The van der Waals surface area contributed by atoms with E-state index in [2.05, 4.69) is 20.7 Å². The molecule has 1 unspecified atom stereocenters. The molecule has 2 aromatic carbocycles. The second kappa shape index (κ2) is 9.88. The largest absolute Gasteiger partial charge is 0.494 e. The third kappa shape index (κ3) is 4.99. The van der Waals surface area contributed by atoms with E-state index in [1.165, 1.54) is 19.2 Å². The maximum atomic E-state index is 14.4. The number of methoxy groups -OCH3 is 1. The van der Waals surface area contributed by atoms with Crippen LogP contribution in [0, 0.1) is 5.82 Å². The van der Waals surface area contributed by atoms with Gasteiger partial charge in [0.25, 0.3) is 5.91 Å². The SMILES string of the molecule is COc1ccc(C(NC(=O)c2ccc3cnc(N[C@@H](C)CO)cc3c2)c2cnn(C)c2)cc1F. The molecule has 0 bridgehead atoms. The quantitative estimate of drug-likeness (QED) is 0.370. The zero-order valence-electron chi connectivity index (χ0n) is 19.1. The fourth-order valence-electron chi connectivity index (χ4n) is 3.68. The van der Waals surface area contributed by atoms with Crippen LogP contribution in [0.4, 0.5) is 10.2 Å². The van der Waals surface area contributed by atoms with Crippen molar-refractivity contribution in [2.75, 3.05) is 19.0 Å². The smallest absolute Gasteiger partial charge is 0.252 e. The Hall–Kier alpha value is -3.98. The molecule has 2 heterocycles. The number of anilines is 1. The average molecular weight is 464 g/mol. The molecule has 176 valence electrons. The summed E-state index contributed by atoms with van der Waals surface area (Å²) in [6, 6.07) is 11.0. The molecule has 1 amide bonds. The van der Waals surface area contributed by atoms with Gasteiger partial charge in [0.2, 0.25) is 0 Å². The molecule has 34 heavy (non-hydrogen) atoms. The molecule has 0 aliphatic rings. The van der Waals surface area contributed by atoms with Crippen molar-refractivity contribution in [3.63, 3.8) is 0 Å². The number of nitrogens with one attached hydrogen (secondary N) is 2. The van der Waals surface area contributed by atoms with Gasteiger partial charge in [0, 0.05) is 42.0 Å². The van der Waals surface area contributed by atoms with Crippen LogP contribution in [0.25, 0.3) is 10.8 Å². The zero-order valence-corrected chi connectivity index (χ0v) is 19.1. The van der Waals surface area contributed by atoms with E-state index >= 15 is 0 Å². The van der Waals surface area contributed by atoms with Gasteiger partial charge >= 0.3 is 0 Å². The molecule has 0 aliphatic heterocycles. The molecule has 0 saturated carbocycles. The molecule has 4 aromatic rings. The van der Waals surface area contributed by atoms with E-state index in [4.69, 9.17) is 4.74 Å². The summed E-state index contributed by atoms with van der Waals surface area (Å²) in [4.78, 5) is 17.6. The highest BCUT2D eigenvalue weighted by Gasteiger charge is 2.21. The number of carbonyl (C=O) groups excluding carboxylic acids is 1. The van der Waals surface area contributed by atoms with Gasteiger partial charge in [-0.3, -0.25) is 9.48 Å². The van der Waals surface area contributed by atoms with Crippen molar-refractivity contribution in [1.29, 1.82) is 0 Å². The molecule has 2 atom stereocenters. The molecule has 0 aliphatic carbocycles. The minimum absolute atomic E-state index is 0.0240. The van der Waals surface area contributed by atoms with Gasteiger partial charge in [0.05, 0.1) is 26.0 Å². The van der Waals surface area contributed by atoms with E-state index in [0.717, 1.165) is 16.3 Å². The molecular weight excluding hydrogens is 437 g/mol. The van der Waals surface area contributed by atoms with E-state index < -0.39 is 11.9 Å². The molecule has 3 N–H and O–H groups in total. The predicted molar refractivity (Wildman–Crippen MR) is 127 cm³/mol. The van der Waals surface area contributed by atoms with Gasteiger partial charge in [-0.15, -0.1) is 0 Å². The molecule has 2 aromatic heterocycles. The van der Waals surface area contributed by atoms with E-state index in [0.29, 0.717) is 16.9 Å². The highest BCUT2D eigenvalue weighted by molar-refractivity contribution is 5.99. The van der Waals surface area contributed by atoms with Gasteiger partial charge in [0.15, 0.2) is 11.6 Å². The van der Waals surface area contributed by atoms with Gasteiger partial charge in [0.1, 0.15) is 5.82 Å². The number of halogens is 1. The number of hydrogen-bond donors (Lipinski definition) is 3. The van der Waals surface area contributed by atoms with Crippen LogP contribution in [0.1, 0.15) is 34.5 Å². The Morgan fingerprint density at radius 3 is 2.65 bits per heavy atom. The monoisotopic (exact) mass is 463 g/mol. The lowest BCUT2D eigenvalue weighted by molar-refractivity contribution is 0.0943. The van der Waals surface area contributed by atoms with Crippen LogP contribution in [0.5, 0.6) is 5.75 Å². The zero-order chi connectivity index (χ0) is 24.2. The van der Waals surface area contributed by atoms with Crippen LogP contribution in [0.2, 0.25) is 0 Å². The number of fused-ring (bicyclic) bond motifs is 1. The standard InChI is InChI=1S/C25H26FN5O3/c1-15(14-32)29-23-10-19-8-17(4-5-18(19)11-27-23)25(33)30-24(20-12-28-31(2)13-20)16-6-7-22(34-3)21(26)9-16/h4-13,15,24,32H,14H2,1-3H3,(H,27,29)(H,30,33)/t15-,24?/m0/s1.